The fraction of sp³-hybridized carbons (Fsp3) is 0.200. The minimum atomic E-state index is -0.657. The van der Waals surface area contributed by atoms with Gasteiger partial charge in [-0.15, -0.1) is 0 Å². The summed E-state index contributed by atoms with van der Waals surface area (Å²) in [5.74, 6) is -0.286. The smallest absolute Gasteiger partial charge is 0.336 e. The molecule has 32 heavy (non-hydrogen) atoms. The number of ether oxygens (including phenoxy) is 3. The normalized spacial score (nSPS) is 16.9. The topological polar surface area (TPSA) is 73.9 Å². The molecule has 0 saturated carbocycles. The summed E-state index contributed by atoms with van der Waals surface area (Å²) in [5, 5.41) is 3.27. The summed E-state index contributed by atoms with van der Waals surface area (Å²) in [6, 6.07) is 11.0. The molecular weight excluding hydrogens is 474 g/mol. The zero-order valence-corrected chi connectivity index (χ0v) is 19.5. The molecule has 2 aliphatic rings. The van der Waals surface area contributed by atoms with Gasteiger partial charge in [-0.25, -0.2) is 4.79 Å². The van der Waals surface area contributed by atoms with Gasteiger partial charge in [0.1, 0.15) is 6.61 Å². The maximum absolute atomic E-state index is 13.5. The van der Waals surface area contributed by atoms with Crippen molar-refractivity contribution in [1.29, 1.82) is 0 Å². The van der Waals surface area contributed by atoms with E-state index in [-0.39, 0.29) is 5.78 Å². The summed E-state index contributed by atoms with van der Waals surface area (Å²) in [6.07, 6.45) is 1.64. The third-order valence-corrected chi connectivity index (χ3v) is 6.29. The molecule has 164 valence electrons. The molecule has 1 N–H and O–H groups in total. The summed E-state index contributed by atoms with van der Waals surface area (Å²) in [4.78, 5) is 26.4. The van der Waals surface area contributed by atoms with Gasteiger partial charge in [-0.3, -0.25) is 4.79 Å². The molecule has 6 nitrogen and oxygen atoms in total. The second kappa shape index (κ2) is 8.67. The monoisotopic (exact) mass is 495 g/mol. The number of esters is 1. The Kier molecular flexibility index (Phi) is 5.93. The number of ketones is 1. The maximum atomic E-state index is 13.5. The fourth-order valence-corrected chi connectivity index (χ4v) is 4.76. The van der Waals surface area contributed by atoms with Crippen molar-refractivity contribution in [2.45, 2.75) is 12.8 Å². The van der Waals surface area contributed by atoms with Gasteiger partial charge in [0.25, 0.3) is 0 Å². The van der Waals surface area contributed by atoms with Crippen molar-refractivity contribution in [2.75, 3.05) is 20.8 Å². The van der Waals surface area contributed by atoms with Crippen LogP contribution in [0.2, 0.25) is 0 Å². The van der Waals surface area contributed by atoms with Gasteiger partial charge in [0, 0.05) is 26.9 Å². The van der Waals surface area contributed by atoms with E-state index in [2.05, 4.69) is 27.8 Å². The van der Waals surface area contributed by atoms with Gasteiger partial charge in [0.15, 0.2) is 17.3 Å². The van der Waals surface area contributed by atoms with Gasteiger partial charge in [-0.1, -0.05) is 52.9 Å². The Morgan fingerprint density at radius 2 is 1.91 bits per heavy atom. The van der Waals surface area contributed by atoms with Crippen molar-refractivity contribution in [1.82, 2.24) is 5.32 Å². The van der Waals surface area contributed by atoms with E-state index in [0.717, 1.165) is 5.56 Å². The van der Waals surface area contributed by atoms with Crippen LogP contribution in [0.1, 0.15) is 34.3 Å². The molecule has 0 saturated heterocycles. The largest absolute Gasteiger partial charge is 0.493 e. The Hall–Kier alpha value is -3.32. The van der Waals surface area contributed by atoms with Crippen molar-refractivity contribution in [3.8, 4) is 11.5 Å². The van der Waals surface area contributed by atoms with Crippen LogP contribution in [0, 0.1) is 0 Å². The lowest BCUT2D eigenvalue weighted by molar-refractivity contribution is -0.136. The molecule has 1 atom stereocenters. The molecule has 0 fully saturated rings. The summed E-state index contributed by atoms with van der Waals surface area (Å²) in [7, 11) is 2.87. The van der Waals surface area contributed by atoms with E-state index in [9.17, 15) is 9.59 Å². The lowest BCUT2D eigenvalue weighted by atomic mass is 9.79. The average molecular weight is 496 g/mol. The number of carbonyl (C=O) groups is 2. The molecule has 0 unspecified atom stereocenters. The second-order valence-electron chi connectivity index (χ2n) is 7.38. The number of methoxy groups -OCH3 is 2. The van der Waals surface area contributed by atoms with Crippen LogP contribution < -0.4 is 14.8 Å². The Morgan fingerprint density at radius 3 is 2.56 bits per heavy atom. The maximum Gasteiger partial charge on any atom is 0.336 e. The number of benzene rings is 2. The van der Waals surface area contributed by atoms with Crippen molar-refractivity contribution < 1.29 is 23.8 Å². The summed E-state index contributed by atoms with van der Waals surface area (Å²) in [5.41, 5.74) is 4.32. The number of fused-ring (bicyclic) bond motifs is 2. The second-order valence-corrected chi connectivity index (χ2v) is 8.23. The molecule has 0 amide bonds. The molecule has 2 aromatic carbocycles. The SMILES string of the molecule is C=CCOc1cc(Br)c([C@H]2C(C(=O)OC)=C(C)NC3=C2C(=O)c2ccccc23)cc1OC. The van der Waals surface area contributed by atoms with E-state index in [4.69, 9.17) is 14.2 Å². The molecule has 1 aliphatic carbocycles. The van der Waals surface area contributed by atoms with Crippen molar-refractivity contribution in [3.63, 3.8) is 0 Å². The fourth-order valence-electron chi connectivity index (χ4n) is 4.21. The van der Waals surface area contributed by atoms with Gasteiger partial charge < -0.3 is 19.5 Å². The van der Waals surface area contributed by atoms with Crippen molar-refractivity contribution >= 4 is 33.4 Å². The van der Waals surface area contributed by atoms with Gasteiger partial charge in [-0.2, -0.15) is 0 Å². The van der Waals surface area contributed by atoms with Crippen LogP contribution in [-0.4, -0.2) is 32.6 Å². The number of halogens is 1. The molecule has 7 heteroatoms. The highest BCUT2D eigenvalue weighted by molar-refractivity contribution is 9.10. The molecule has 0 spiro atoms. The summed E-state index contributed by atoms with van der Waals surface area (Å²) >= 11 is 3.62. The highest BCUT2D eigenvalue weighted by Crippen LogP contribution is 2.49. The number of hydrogen-bond acceptors (Lipinski definition) is 6. The van der Waals surface area contributed by atoms with Gasteiger partial charge in [-0.05, 0) is 24.6 Å². The van der Waals surface area contributed by atoms with E-state index >= 15 is 0 Å². The first-order valence-electron chi connectivity index (χ1n) is 9.98. The van der Waals surface area contributed by atoms with E-state index in [0.29, 0.717) is 56.2 Å². The highest BCUT2D eigenvalue weighted by Gasteiger charge is 2.43. The minimum Gasteiger partial charge on any atom is -0.493 e. The van der Waals surface area contributed by atoms with E-state index in [1.807, 2.05) is 18.2 Å². The van der Waals surface area contributed by atoms with Crippen molar-refractivity contribution in [3.05, 3.63) is 87.1 Å². The molecule has 4 rings (SSSR count). The number of dihydropyridines is 1. The quantitative estimate of drug-likeness (QED) is 0.459. The third-order valence-electron chi connectivity index (χ3n) is 5.60. The number of hydrogen-bond donors (Lipinski definition) is 1. The van der Waals surface area contributed by atoms with Crippen LogP contribution >= 0.6 is 15.9 Å². The Morgan fingerprint density at radius 1 is 1.19 bits per heavy atom. The highest BCUT2D eigenvalue weighted by atomic mass is 79.9. The number of Topliss-reactive ketones (excluding diaryl/α,β-unsaturated/α-hetero) is 1. The van der Waals surface area contributed by atoms with E-state index in [1.165, 1.54) is 7.11 Å². The molecule has 0 radical (unpaired) electrons. The van der Waals surface area contributed by atoms with Gasteiger partial charge in [0.05, 0.1) is 31.4 Å². The Bertz CT molecular complexity index is 1210. The molecule has 2 aromatic rings. The van der Waals surface area contributed by atoms with Crippen LogP contribution in [0.15, 0.2) is 70.4 Å². The van der Waals surface area contributed by atoms with Crippen LogP contribution in [0.5, 0.6) is 11.5 Å². The molecule has 1 aliphatic heterocycles. The number of allylic oxidation sites excluding steroid dienone is 2. The standard InChI is InChI=1S/C25H22BrNO5/c1-5-10-32-19-12-17(26)16(11-18(19)30-3)21-20(25(29)31-4)13(2)27-23-14-8-6-7-9-15(14)24(28)22(21)23/h5-9,11-12,21,27H,1,10H2,2-4H3/t21-/m0/s1. The first-order chi connectivity index (χ1) is 15.4. The summed E-state index contributed by atoms with van der Waals surface area (Å²) < 4.78 is 17.0. The van der Waals surface area contributed by atoms with Crippen LogP contribution in [0.3, 0.4) is 0 Å². The summed E-state index contributed by atoms with van der Waals surface area (Å²) in [6.45, 7) is 5.79. The Balaban J connectivity index is 1.95. The first kappa shape index (κ1) is 21.9. The van der Waals surface area contributed by atoms with Crippen molar-refractivity contribution in [2.24, 2.45) is 0 Å². The predicted octanol–water partition coefficient (Wildman–Crippen LogP) is 4.76. The number of rotatable bonds is 6. The lowest BCUT2D eigenvalue weighted by Crippen LogP contribution is -2.29. The predicted molar refractivity (Wildman–Crippen MR) is 125 cm³/mol. The van der Waals surface area contributed by atoms with Crippen LogP contribution in [0.25, 0.3) is 5.70 Å². The van der Waals surface area contributed by atoms with Gasteiger partial charge >= 0.3 is 5.97 Å². The number of carbonyl (C=O) groups excluding carboxylic acids is 2. The molecule has 1 heterocycles. The number of nitrogens with one attached hydrogen (secondary N) is 1. The zero-order chi connectivity index (χ0) is 23.0. The minimum absolute atomic E-state index is 0.125. The zero-order valence-electron chi connectivity index (χ0n) is 18.0. The van der Waals surface area contributed by atoms with E-state index < -0.39 is 11.9 Å². The molecule has 0 bridgehead atoms. The lowest BCUT2D eigenvalue weighted by Gasteiger charge is -2.30. The van der Waals surface area contributed by atoms with Crippen LogP contribution in [-0.2, 0) is 9.53 Å². The first-order valence-corrected chi connectivity index (χ1v) is 10.8. The van der Waals surface area contributed by atoms with Crippen LogP contribution in [0.4, 0.5) is 0 Å². The van der Waals surface area contributed by atoms with E-state index in [1.54, 1.807) is 38.3 Å². The molecular formula is C25H22BrNO5. The van der Waals surface area contributed by atoms with Gasteiger partial charge in [0.2, 0.25) is 0 Å². The molecule has 0 aromatic heterocycles. The average Bonchev–Trinajstić information content (AvgIpc) is 3.08. The Labute approximate surface area is 194 Å². The third kappa shape index (κ3) is 3.42.